The van der Waals surface area contributed by atoms with E-state index in [-0.39, 0.29) is 24.5 Å². The number of hydrogen-bond donors (Lipinski definition) is 2. The van der Waals surface area contributed by atoms with Gasteiger partial charge in [0.25, 0.3) is 0 Å². The molecule has 0 saturated carbocycles. The minimum absolute atomic E-state index is 0.0786. The Bertz CT molecular complexity index is 822. The maximum absolute atomic E-state index is 13.3. The molecule has 0 fully saturated rings. The highest BCUT2D eigenvalue weighted by molar-refractivity contribution is 5.78. The average molecular weight is 372 g/mol. The van der Waals surface area contributed by atoms with Gasteiger partial charge in [-0.25, -0.2) is 8.78 Å². The summed E-state index contributed by atoms with van der Waals surface area (Å²) < 4.78 is 26.4. The highest BCUT2D eigenvalue weighted by Gasteiger charge is 2.15. The Balaban J connectivity index is 1.53. The molecule has 2 aromatic carbocycles. The zero-order chi connectivity index (χ0) is 19.4. The van der Waals surface area contributed by atoms with E-state index in [9.17, 15) is 13.6 Å². The first-order chi connectivity index (χ1) is 12.9. The maximum atomic E-state index is 13.3. The van der Waals surface area contributed by atoms with Crippen LogP contribution in [0.4, 0.5) is 8.78 Å². The maximum Gasteiger partial charge on any atom is 0.234 e. The van der Waals surface area contributed by atoms with Crippen molar-refractivity contribution in [2.45, 2.75) is 51.6 Å². The van der Waals surface area contributed by atoms with Gasteiger partial charge in [0, 0.05) is 6.04 Å². The molecule has 1 aliphatic rings. The molecule has 0 aromatic heterocycles. The van der Waals surface area contributed by atoms with E-state index in [2.05, 4.69) is 28.8 Å². The molecule has 0 heterocycles. The van der Waals surface area contributed by atoms with Gasteiger partial charge in [-0.3, -0.25) is 4.79 Å². The summed E-state index contributed by atoms with van der Waals surface area (Å²) in [6, 6.07) is 9.90. The summed E-state index contributed by atoms with van der Waals surface area (Å²) in [5.74, 6) is -1.89. The summed E-state index contributed by atoms with van der Waals surface area (Å²) in [6.07, 6.45) is 4.72. The van der Waals surface area contributed by atoms with Crippen molar-refractivity contribution in [2.24, 2.45) is 0 Å². The number of carbonyl (C=O) groups excluding carboxylic acids is 1. The van der Waals surface area contributed by atoms with Crippen LogP contribution in [0.2, 0.25) is 0 Å². The second-order valence-electron chi connectivity index (χ2n) is 7.30. The van der Waals surface area contributed by atoms with Crippen molar-refractivity contribution in [2.75, 3.05) is 6.54 Å². The molecule has 0 bridgehead atoms. The highest BCUT2D eigenvalue weighted by atomic mass is 19.2. The van der Waals surface area contributed by atoms with Crippen LogP contribution in [0.1, 0.15) is 61.0 Å². The summed E-state index contributed by atoms with van der Waals surface area (Å²) in [7, 11) is 0. The summed E-state index contributed by atoms with van der Waals surface area (Å²) in [5, 5.41) is 6.05. The SMILES string of the molecule is C[C@H](NCC(=O)N[C@@H](C)c1ccc2c(c1)CCCC2)c1ccc(F)c(F)c1. The van der Waals surface area contributed by atoms with E-state index >= 15 is 0 Å². The number of fused-ring (bicyclic) bond motifs is 1. The first kappa shape index (κ1) is 19.5. The molecular weight excluding hydrogens is 346 g/mol. The Morgan fingerprint density at radius 3 is 2.33 bits per heavy atom. The van der Waals surface area contributed by atoms with Crippen LogP contribution < -0.4 is 10.6 Å². The minimum Gasteiger partial charge on any atom is -0.348 e. The fraction of sp³-hybridized carbons (Fsp3) is 0.409. The molecular formula is C22H26F2N2O. The fourth-order valence-corrected chi connectivity index (χ4v) is 3.54. The number of nitrogens with one attached hydrogen (secondary N) is 2. The van der Waals surface area contributed by atoms with Gasteiger partial charge in [0.15, 0.2) is 11.6 Å². The molecule has 0 radical (unpaired) electrons. The average Bonchev–Trinajstić information content (AvgIpc) is 2.67. The molecule has 3 nitrogen and oxygen atoms in total. The lowest BCUT2D eigenvalue weighted by molar-refractivity contribution is -0.121. The number of amides is 1. The number of hydrogen-bond acceptors (Lipinski definition) is 2. The number of aryl methyl sites for hydroxylation is 2. The Kier molecular flexibility index (Phi) is 6.22. The largest absolute Gasteiger partial charge is 0.348 e. The second kappa shape index (κ2) is 8.61. The molecule has 3 rings (SSSR count). The lowest BCUT2D eigenvalue weighted by Crippen LogP contribution is -2.36. The molecule has 144 valence electrons. The smallest absolute Gasteiger partial charge is 0.234 e. The fourth-order valence-electron chi connectivity index (χ4n) is 3.54. The molecule has 1 amide bonds. The van der Waals surface area contributed by atoms with Crippen molar-refractivity contribution >= 4 is 5.91 Å². The molecule has 0 unspecified atom stereocenters. The van der Waals surface area contributed by atoms with Crippen LogP contribution in [0.15, 0.2) is 36.4 Å². The Morgan fingerprint density at radius 1 is 0.926 bits per heavy atom. The quantitative estimate of drug-likeness (QED) is 0.790. The van der Waals surface area contributed by atoms with Gasteiger partial charge in [-0.2, -0.15) is 0 Å². The van der Waals surface area contributed by atoms with Crippen LogP contribution in [-0.4, -0.2) is 12.5 Å². The van der Waals surface area contributed by atoms with Crippen molar-refractivity contribution in [3.8, 4) is 0 Å². The van der Waals surface area contributed by atoms with Gasteiger partial charge < -0.3 is 10.6 Å². The van der Waals surface area contributed by atoms with Gasteiger partial charge in [0.1, 0.15) is 0 Å². The third-order valence-corrected chi connectivity index (χ3v) is 5.26. The first-order valence-corrected chi connectivity index (χ1v) is 9.53. The van der Waals surface area contributed by atoms with Crippen molar-refractivity contribution in [3.05, 3.63) is 70.3 Å². The van der Waals surface area contributed by atoms with Crippen molar-refractivity contribution in [1.29, 1.82) is 0 Å². The molecule has 27 heavy (non-hydrogen) atoms. The van der Waals surface area contributed by atoms with E-state index in [1.165, 1.54) is 30.0 Å². The standard InChI is InChI=1S/C22H26F2N2O/c1-14(18-9-10-20(23)21(24)12-18)25-13-22(27)26-15(2)17-8-7-16-5-3-4-6-19(16)11-17/h7-12,14-15,25H,3-6,13H2,1-2H3,(H,26,27)/t14-,15-/m0/s1. The predicted molar refractivity (Wildman–Crippen MR) is 102 cm³/mol. The molecule has 1 aliphatic carbocycles. The molecule has 2 atom stereocenters. The van der Waals surface area contributed by atoms with E-state index in [0.717, 1.165) is 30.5 Å². The molecule has 2 aromatic rings. The normalized spacial score (nSPS) is 15.7. The van der Waals surface area contributed by atoms with Gasteiger partial charge >= 0.3 is 0 Å². The number of halogens is 2. The molecule has 0 spiro atoms. The summed E-state index contributed by atoms with van der Waals surface area (Å²) >= 11 is 0. The summed E-state index contributed by atoms with van der Waals surface area (Å²) in [4.78, 5) is 12.3. The highest BCUT2D eigenvalue weighted by Crippen LogP contribution is 2.24. The Hall–Kier alpha value is -2.27. The Morgan fingerprint density at radius 2 is 1.59 bits per heavy atom. The van der Waals surface area contributed by atoms with Crippen molar-refractivity contribution in [1.82, 2.24) is 10.6 Å². The summed E-state index contributed by atoms with van der Waals surface area (Å²) in [5.41, 5.74) is 4.53. The zero-order valence-electron chi connectivity index (χ0n) is 15.8. The third-order valence-electron chi connectivity index (χ3n) is 5.26. The van der Waals surface area contributed by atoms with Gasteiger partial charge in [0.2, 0.25) is 5.91 Å². The molecule has 2 N–H and O–H groups in total. The lowest BCUT2D eigenvalue weighted by Gasteiger charge is -2.20. The molecule has 0 aliphatic heterocycles. The van der Waals surface area contributed by atoms with E-state index in [4.69, 9.17) is 0 Å². The van der Waals surface area contributed by atoms with E-state index in [1.54, 1.807) is 0 Å². The first-order valence-electron chi connectivity index (χ1n) is 9.53. The molecule has 0 saturated heterocycles. The third kappa shape index (κ3) is 4.92. The molecule has 5 heteroatoms. The van der Waals surface area contributed by atoms with E-state index in [0.29, 0.717) is 5.56 Å². The number of carbonyl (C=O) groups is 1. The summed E-state index contributed by atoms with van der Waals surface area (Å²) in [6.45, 7) is 3.89. The van der Waals surface area contributed by atoms with Crippen LogP contribution >= 0.6 is 0 Å². The van der Waals surface area contributed by atoms with Crippen LogP contribution in [0, 0.1) is 11.6 Å². The van der Waals surface area contributed by atoms with Crippen LogP contribution in [0.25, 0.3) is 0 Å². The Labute approximate surface area is 159 Å². The number of rotatable bonds is 6. The van der Waals surface area contributed by atoms with Crippen LogP contribution in [0.3, 0.4) is 0 Å². The van der Waals surface area contributed by atoms with Gasteiger partial charge in [-0.15, -0.1) is 0 Å². The predicted octanol–water partition coefficient (Wildman–Crippen LogP) is 4.37. The van der Waals surface area contributed by atoms with Crippen LogP contribution in [-0.2, 0) is 17.6 Å². The van der Waals surface area contributed by atoms with Gasteiger partial charge in [-0.1, -0.05) is 24.3 Å². The van der Waals surface area contributed by atoms with Crippen LogP contribution in [0.5, 0.6) is 0 Å². The lowest BCUT2D eigenvalue weighted by atomic mass is 9.89. The van der Waals surface area contributed by atoms with Gasteiger partial charge in [0.05, 0.1) is 12.6 Å². The number of benzene rings is 2. The minimum atomic E-state index is -0.883. The van der Waals surface area contributed by atoms with Gasteiger partial charge in [-0.05, 0) is 73.9 Å². The van der Waals surface area contributed by atoms with E-state index in [1.807, 2.05) is 13.8 Å². The van der Waals surface area contributed by atoms with Crippen molar-refractivity contribution in [3.63, 3.8) is 0 Å². The monoisotopic (exact) mass is 372 g/mol. The second-order valence-corrected chi connectivity index (χ2v) is 7.30. The zero-order valence-corrected chi connectivity index (χ0v) is 15.8. The van der Waals surface area contributed by atoms with E-state index < -0.39 is 11.6 Å². The topological polar surface area (TPSA) is 41.1 Å². The van der Waals surface area contributed by atoms with Crippen molar-refractivity contribution < 1.29 is 13.6 Å².